The molecule has 31 heavy (non-hydrogen) atoms. The molecule has 0 radical (unpaired) electrons. The molecule has 0 aliphatic carbocycles. The van der Waals surface area contributed by atoms with Crippen LogP contribution in [0.25, 0.3) is 0 Å². The molecule has 1 unspecified atom stereocenters. The van der Waals surface area contributed by atoms with Crippen LogP contribution < -0.4 is 25.0 Å². The predicted molar refractivity (Wildman–Crippen MR) is 117 cm³/mol. The van der Waals surface area contributed by atoms with E-state index < -0.39 is 0 Å². The zero-order valence-corrected chi connectivity index (χ0v) is 17.7. The Balaban J connectivity index is 1.72. The SMILES string of the molecule is COc1cc(NC(=O)c2ccccc2)c(OC)cc1NC(=O)C[NH+](C)Cc1ccco1. The van der Waals surface area contributed by atoms with Gasteiger partial charge in [0.25, 0.3) is 11.8 Å². The lowest BCUT2D eigenvalue weighted by Crippen LogP contribution is -3.08. The number of carbonyl (C=O) groups is 2. The van der Waals surface area contributed by atoms with E-state index in [-0.39, 0.29) is 18.4 Å². The lowest BCUT2D eigenvalue weighted by Gasteiger charge is -2.17. The highest BCUT2D eigenvalue weighted by Gasteiger charge is 2.18. The first-order valence-corrected chi connectivity index (χ1v) is 9.76. The number of likely N-dealkylation sites (N-methyl/N-ethyl adjacent to an activating group) is 1. The van der Waals surface area contributed by atoms with Crippen molar-refractivity contribution in [2.75, 3.05) is 38.4 Å². The molecule has 8 nitrogen and oxygen atoms in total. The van der Waals surface area contributed by atoms with Crippen LogP contribution in [0.4, 0.5) is 11.4 Å². The second-order valence-corrected chi connectivity index (χ2v) is 7.01. The molecule has 0 saturated carbocycles. The number of benzene rings is 2. The van der Waals surface area contributed by atoms with Crippen LogP contribution in [-0.2, 0) is 11.3 Å². The normalized spacial score (nSPS) is 11.5. The number of hydrogen-bond acceptors (Lipinski definition) is 5. The molecule has 0 fully saturated rings. The molecule has 2 aromatic carbocycles. The van der Waals surface area contributed by atoms with E-state index in [1.54, 1.807) is 42.7 Å². The molecule has 3 aromatic rings. The molecule has 0 saturated heterocycles. The molecule has 0 spiro atoms. The van der Waals surface area contributed by atoms with Crippen molar-refractivity contribution in [3.8, 4) is 11.5 Å². The number of ether oxygens (including phenoxy) is 2. The lowest BCUT2D eigenvalue weighted by molar-refractivity contribution is -0.886. The van der Waals surface area contributed by atoms with E-state index in [1.165, 1.54) is 14.2 Å². The van der Waals surface area contributed by atoms with E-state index in [4.69, 9.17) is 13.9 Å². The summed E-state index contributed by atoms with van der Waals surface area (Å²) in [7, 11) is 4.89. The van der Waals surface area contributed by atoms with Gasteiger partial charge >= 0.3 is 0 Å². The van der Waals surface area contributed by atoms with Gasteiger partial charge in [0.1, 0.15) is 18.0 Å². The molecule has 162 valence electrons. The molecule has 0 aliphatic heterocycles. The Morgan fingerprint density at radius 3 is 2.16 bits per heavy atom. The Morgan fingerprint density at radius 2 is 1.58 bits per heavy atom. The number of rotatable bonds is 9. The van der Waals surface area contributed by atoms with Gasteiger partial charge in [-0.1, -0.05) is 18.2 Å². The monoisotopic (exact) mass is 424 g/mol. The Bertz CT molecular complexity index is 1020. The highest BCUT2D eigenvalue weighted by molar-refractivity contribution is 6.05. The van der Waals surface area contributed by atoms with Gasteiger partial charge < -0.3 is 29.4 Å². The highest BCUT2D eigenvalue weighted by atomic mass is 16.5. The molecule has 8 heteroatoms. The first-order valence-electron chi connectivity index (χ1n) is 9.76. The summed E-state index contributed by atoms with van der Waals surface area (Å²) < 4.78 is 16.2. The van der Waals surface area contributed by atoms with Crippen molar-refractivity contribution in [1.29, 1.82) is 0 Å². The quantitative estimate of drug-likeness (QED) is 0.490. The number of furan rings is 1. The van der Waals surface area contributed by atoms with Gasteiger partial charge in [0, 0.05) is 17.7 Å². The number of methoxy groups -OCH3 is 2. The smallest absolute Gasteiger partial charge is 0.279 e. The van der Waals surface area contributed by atoms with Crippen LogP contribution in [0.5, 0.6) is 11.5 Å². The standard InChI is InChI=1S/C23H25N3O5/c1-26(14-17-10-7-11-31-17)15-22(27)24-18-12-21(30-3)19(13-20(18)29-2)25-23(28)16-8-5-4-6-9-16/h4-13H,14-15H2,1-3H3,(H,24,27)(H,25,28)/p+1. The van der Waals surface area contributed by atoms with Crippen molar-refractivity contribution in [2.45, 2.75) is 6.54 Å². The molecule has 1 aromatic heterocycles. The Labute approximate surface area is 180 Å². The van der Waals surface area contributed by atoms with Gasteiger partial charge in [0.2, 0.25) is 0 Å². The third-order valence-electron chi connectivity index (χ3n) is 4.60. The van der Waals surface area contributed by atoms with Crippen molar-refractivity contribution < 1.29 is 28.4 Å². The predicted octanol–water partition coefficient (Wildman–Crippen LogP) is 2.20. The zero-order chi connectivity index (χ0) is 22.2. The molecule has 1 atom stereocenters. The van der Waals surface area contributed by atoms with Crippen LogP contribution in [0.3, 0.4) is 0 Å². The third kappa shape index (κ3) is 5.86. The van der Waals surface area contributed by atoms with E-state index in [0.717, 1.165) is 10.7 Å². The summed E-state index contributed by atoms with van der Waals surface area (Å²) >= 11 is 0. The van der Waals surface area contributed by atoms with Crippen LogP contribution in [0.2, 0.25) is 0 Å². The number of carbonyl (C=O) groups excluding carboxylic acids is 2. The summed E-state index contributed by atoms with van der Waals surface area (Å²) in [5.74, 6) is 1.15. The minimum Gasteiger partial charge on any atom is -0.494 e. The number of quaternary nitrogens is 1. The van der Waals surface area contributed by atoms with Crippen molar-refractivity contribution in [3.63, 3.8) is 0 Å². The third-order valence-corrected chi connectivity index (χ3v) is 4.60. The average molecular weight is 424 g/mol. The van der Waals surface area contributed by atoms with E-state index in [0.29, 0.717) is 35.0 Å². The maximum Gasteiger partial charge on any atom is 0.279 e. The largest absolute Gasteiger partial charge is 0.494 e. The number of anilines is 2. The Kier molecular flexibility index (Phi) is 7.29. The first-order chi connectivity index (χ1) is 15.0. The van der Waals surface area contributed by atoms with E-state index in [9.17, 15) is 9.59 Å². The molecule has 3 N–H and O–H groups in total. The van der Waals surface area contributed by atoms with E-state index in [2.05, 4.69) is 10.6 Å². The lowest BCUT2D eigenvalue weighted by atomic mass is 10.2. The fraction of sp³-hybridized carbons (Fsp3) is 0.217. The Morgan fingerprint density at radius 1 is 0.935 bits per heavy atom. The van der Waals surface area contributed by atoms with Gasteiger partial charge in [-0.3, -0.25) is 9.59 Å². The van der Waals surface area contributed by atoms with Gasteiger partial charge in [0.05, 0.1) is 38.9 Å². The fourth-order valence-electron chi connectivity index (χ4n) is 3.12. The van der Waals surface area contributed by atoms with Gasteiger partial charge in [-0.2, -0.15) is 0 Å². The van der Waals surface area contributed by atoms with Gasteiger partial charge in [-0.15, -0.1) is 0 Å². The van der Waals surface area contributed by atoms with Crippen molar-refractivity contribution in [3.05, 3.63) is 72.2 Å². The maximum atomic E-state index is 12.5. The second kappa shape index (κ2) is 10.3. The maximum absolute atomic E-state index is 12.5. The average Bonchev–Trinajstić information content (AvgIpc) is 3.27. The summed E-state index contributed by atoms with van der Waals surface area (Å²) in [6.07, 6.45) is 1.61. The molecular formula is C23H26N3O5+. The summed E-state index contributed by atoms with van der Waals surface area (Å²) in [4.78, 5) is 26.0. The van der Waals surface area contributed by atoms with Crippen LogP contribution in [-0.4, -0.2) is 39.6 Å². The number of amides is 2. The number of nitrogens with one attached hydrogen (secondary N) is 3. The van der Waals surface area contributed by atoms with Crippen LogP contribution in [0, 0.1) is 0 Å². The summed E-state index contributed by atoms with van der Waals surface area (Å²) in [5, 5.41) is 5.67. The zero-order valence-electron chi connectivity index (χ0n) is 17.7. The van der Waals surface area contributed by atoms with Crippen molar-refractivity contribution in [1.82, 2.24) is 0 Å². The van der Waals surface area contributed by atoms with Gasteiger partial charge in [-0.05, 0) is 24.3 Å². The summed E-state index contributed by atoms with van der Waals surface area (Å²) in [5.41, 5.74) is 1.41. The van der Waals surface area contributed by atoms with Gasteiger partial charge in [0.15, 0.2) is 12.3 Å². The van der Waals surface area contributed by atoms with Crippen molar-refractivity contribution in [2.24, 2.45) is 0 Å². The minimum absolute atomic E-state index is 0.189. The van der Waals surface area contributed by atoms with E-state index >= 15 is 0 Å². The molecule has 3 rings (SSSR count). The summed E-state index contributed by atoms with van der Waals surface area (Å²) in [6, 6.07) is 15.8. The minimum atomic E-state index is -0.277. The first kappa shape index (κ1) is 21.9. The second-order valence-electron chi connectivity index (χ2n) is 7.01. The van der Waals surface area contributed by atoms with E-state index in [1.807, 2.05) is 25.2 Å². The molecular weight excluding hydrogens is 398 g/mol. The van der Waals surface area contributed by atoms with Crippen LogP contribution >= 0.6 is 0 Å². The highest BCUT2D eigenvalue weighted by Crippen LogP contribution is 2.36. The molecule has 0 bridgehead atoms. The summed E-state index contributed by atoms with van der Waals surface area (Å²) in [6.45, 7) is 0.823. The fourth-order valence-corrected chi connectivity index (χ4v) is 3.12. The molecule has 1 heterocycles. The number of hydrogen-bond donors (Lipinski definition) is 3. The topological polar surface area (TPSA) is 94.2 Å². The van der Waals surface area contributed by atoms with Crippen LogP contribution in [0.15, 0.2) is 65.3 Å². The molecule has 0 aliphatic rings. The van der Waals surface area contributed by atoms with Gasteiger partial charge in [-0.25, -0.2) is 0 Å². The Hall–Kier alpha value is -3.78. The van der Waals surface area contributed by atoms with Crippen LogP contribution in [0.1, 0.15) is 16.1 Å². The molecule has 2 amide bonds. The van der Waals surface area contributed by atoms with Crippen molar-refractivity contribution >= 4 is 23.2 Å².